The first-order valence-corrected chi connectivity index (χ1v) is 19.1. The zero-order valence-electron chi connectivity index (χ0n) is 37.4. The average Bonchev–Trinajstić information content (AvgIpc) is 3.97. The van der Waals surface area contributed by atoms with Gasteiger partial charge in [-0.2, -0.15) is 0 Å². The molecule has 0 spiro atoms. The van der Waals surface area contributed by atoms with Crippen molar-refractivity contribution in [3.8, 4) is 11.5 Å². The molecule has 0 aromatic heterocycles. The quantitative estimate of drug-likeness (QED) is 0.151. The van der Waals surface area contributed by atoms with Gasteiger partial charge in [0.05, 0.1) is 11.4 Å². The molecule has 0 amide bonds. The molecule has 0 saturated carbocycles. The second kappa shape index (κ2) is 31.4. The Morgan fingerprint density at radius 2 is 0.767 bits per heavy atom. The second-order valence-corrected chi connectivity index (χ2v) is 17.6. The number of para-hydroxylation sites is 2. The standard InChI is InChI=1S/C36H48N2O2.2C4H8O.4CO.Co.Cr/c1-33(2,3)25-17-23(31(39)27(19-25)35(7,8)9)21-37-29-15-13-14-16-30(29)38-22-24-18-26(34(4,5)6)20-28(32(24)40)36(10,11)12;2*1-2-4-5-3-1;4*1-2;;/h13-22,39-40H,1-12H3;2*1-4H2;;;;;;. The minimum absolute atomic E-state index is 0. The maximum atomic E-state index is 11.2. The Morgan fingerprint density at radius 3 is 0.967 bits per heavy atom. The molecule has 3 aromatic rings. The molecule has 5 rings (SSSR count). The summed E-state index contributed by atoms with van der Waals surface area (Å²) in [7, 11) is 0. The number of phenols is 2. The average molecular weight is 908 g/mol. The predicted molar refractivity (Wildman–Crippen MR) is 228 cm³/mol. The fourth-order valence-corrected chi connectivity index (χ4v) is 5.50. The van der Waals surface area contributed by atoms with E-state index in [0.29, 0.717) is 22.5 Å². The molecule has 0 atom stereocenters. The number of aliphatic imine (C=N–C) groups is 2. The van der Waals surface area contributed by atoms with Gasteiger partial charge in [0.25, 0.3) is 0 Å². The van der Waals surface area contributed by atoms with Gasteiger partial charge in [0, 0.05) is 95.3 Å². The van der Waals surface area contributed by atoms with Gasteiger partial charge in [0.1, 0.15) is 11.5 Å². The van der Waals surface area contributed by atoms with Crippen molar-refractivity contribution in [1.29, 1.82) is 0 Å². The number of ether oxygens (including phenoxy) is 2. The summed E-state index contributed by atoms with van der Waals surface area (Å²) in [6.07, 6.45) is 8.56. The van der Waals surface area contributed by atoms with Crippen LogP contribution in [0, 0.1) is 26.6 Å². The van der Waals surface area contributed by atoms with Gasteiger partial charge in [0.2, 0.25) is 0 Å². The number of rotatable bonds is 4. The largest absolute Gasteiger partial charge is 0 e. The van der Waals surface area contributed by atoms with Crippen LogP contribution in [0.1, 0.15) is 142 Å². The number of phenolic OH excluding ortho intramolecular Hbond substituents is 2. The molecule has 2 heterocycles. The Morgan fingerprint density at radius 1 is 0.500 bits per heavy atom. The van der Waals surface area contributed by atoms with Gasteiger partial charge in [0.15, 0.2) is 0 Å². The van der Waals surface area contributed by atoms with E-state index in [1.54, 1.807) is 12.4 Å². The van der Waals surface area contributed by atoms with E-state index in [1.165, 1.54) is 25.7 Å². The first-order chi connectivity index (χ1) is 27.2. The van der Waals surface area contributed by atoms with Crippen molar-refractivity contribution in [3.05, 3.63) is 109 Å². The van der Waals surface area contributed by atoms with Crippen molar-refractivity contribution < 1.29 is 72.4 Å². The molecule has 329 valence electrons. The van der Waals surface area contributed by atoms with Crippen LogP contribution >= 0.6 is 0 Å². The van der Waals surface area contributed by atoms with E-state index in [0.717, 1.165) is 48.7 Å². The minimum atomic E-state index is -0.217. The Labute approximate surface area is 381 Å². The third-order valence-corrected chi connectivity index (χ3v) is 8.85. The van der Waals surface area contributed by atoms with Crippen molar-refractivity contribution in [2.45, 2.75) is 130 Å². The van der Waals surface area contributed by atoms with Crippen LogP contribution in [-0.2, 0) is 83.9 Å². The predicted octanol–water partition coefficient (Wildman–Crippen LogP) is 11.2. The van der Waals surface area contributed by atoms with Crippen LogP contribution in [0.4, 0.5) is 11.4 Å². The molecule has 0 unspecified atom stereocenters. The molecule has 2 fully saturated rings. The Bertz CT molecular complexity index is 1650. The summed E-state index contributed by atoms with van der Waals surface area (Å²) in [5, 5.41) is 22.4. The molecular formula is C48H64CoCrN2O8. The topological polar surface area (TPSA) is 163 Å². The molecule has 60 heavy (non-hydrogen) atoms. The molecule has 10 nitrogen and oxygen atoms in total. The number of nitrogens with zero attached hydrogens (tertiary/aromatic N) is 2. The van der Waals surface area contributed by atoms with Crippen molar-refractivity contribution in [3.63, 3.8) is 0 Å². The maximum Gasteiger partial charge on any atom is 0 e. The van der Waals surface area contributed by atoms with Gasteiger partial charge in [-0.15, -0.1) is 0 Å². The smallest absolute Gasteiger partial charge is 0 e. The molecule has 2 saturated heterocycles. The first kappa shape index (κ1) is 63.2. The zero-order valence-corrected chi connectivity index (χ0v) is 39.7. The number of aromatic hydroxyl groups is 2. The van der Waals surface area contributed by atoms with Crippen molar-refractivity contribution in [2.75, 3.05) is 26.4 Å². The van der Waals surface area contributed by atoms with Gasteiger partial charge in [-0.1, -0.05) is 107 Å². The molecule has 2 aliphatic heterocycles. The molecule has 2 aliphatic rings. The van der Waals surface area contributed by atoms with Gasteiger partial charge >= 0.3 is 45.2 Å². The third kappa shape index (κ3) is 22.4. The molecule has 3 aromatic carbocycles. The van der Waals surface area contributed by atoms with Crippen LogP contribution in [0.25, 0.3) is 0 Å². The SMILES string of the molecule is C1CCOC1.C1CCOC1.CC(C)(C)c1cc(C=Nc2ccccc2N=Cc2cc(C(C)(C)C)cc(C(C)(C)C)c2O)c(O)c(C(C)(C)C)c1.[C-]#[O+].[C-]#[O+].[C-]#[O+].[C-]#[O+].[Co].[Cr]. The normalized spacial score (nSPS) is 13.1. The van der Waals surface area contributed by atoms with Crippen LogP contribution in [0.5, 0.6) is 11.5 Å². The third-order valence-electron chi connectivity index (χ3n) is 8.85. The molecule has 2 N–H and O–H groups in total. The van der Waals surface area contributed by atoms with Crippen molar-refractivity contribution in [1.82, 2.24) is 0 Å². The Kier molecular flexibility index (Phi) is 33.0. The van der Waals surface area contributed by atoms with Crippen molar-refractivity contribution in [2.24, 2.45) is 9.98 Å². The minimum Gasteiger partial charge on any atom is 0 e. The van der Waals surface area contributed by atoms with Crippen molar-refractivity contribution >= 4 is 23.8 Å². The summed E-state index contributed by atoms with van der Waals surface area (Å²) in [6, 6.07) is 15.9. The molecule has 12 heteroatoms. The summed E-state index contributed by atoms with van der Waals surface area (Å²) in [5.41, 5.74) is 6.23. The Balaban J connectivity index is -0.000000658. The van der Waals surface area contributed by atoms with E-state index in [9.17, 15) is 10.2 Å². The van der Waals surface area contributed by atoms with E-state index < -0.39 is 0 Å². The fourth-order valence-electron chi connectivity index (χ4n) is 5.50. The molecule has 1 radical (unpaired) electrons. The van der Waals surface area contributed by atoms with Gasteiger partial charge in [-0.25, -0.2) is 0 Å². The zero-order chi connectivity index (χ0) is 45.3. The fraction of sp³-hybridized carbons (Fsp3) is 0.500. The summed E-state index contributed by atoms with van der Waals surface area (Å²) in [5.74, 6) is 0.507. The van der Waals surface area contributed by atoms with Gasteiger partial charge < -0.3 is 19.7 Å². The maximum absolute atomic E-state index is 11.2. The van der Waals surface area contributed by atoms with E-state index in [1.807, 2.05) is 36.4 Å². The van der Waals surface area contributed by atoms with E-state index in [4.69, 9.17) is 38.1 Å². The van der Waals surface area contributed by atoms with Gasteiger partial charge in [-0.05, 0) is 82.7 Å². The molecular weight excluding hydrogens is 843 g/mol. The van der Waals surface area contributed by atoms with Gasteiger partial charge in [-0.3, -0.25) is 9.98 Å². The van der Waals surface area contributed by atoms with E-state index in [2.05, 4.69) is 122 Å². The van der Waals surface area contributed by atoms with Crippen LogP contribution in [-0.4, -0.2) is 49.1 Å². The Hall–Kier alpha value is -3.48. The summed E-state index contributed by atoms with van der Waals surface area (Å²) < 4.78 is 39.9. The van der Waals surface area contributed by atoms with Crippen LogP contribution in [0.15, 0.2) is 58.5 Å². The number of hydrogen-bond donors (Lipinski definition) is 2. The van der Waals surface area contributed by atoms with Crippen LogP contribution in [0.2, 0.25) is 0 Å². The summed E-state index contributed by atoms with van der Waals surface area (Å²) in [4.78, 5) is 9.54. The molecule has 0 aliphatic carbocycles. The molecule has 0 bridgehead atoms. The number of hydrogen-bond acceptors (Lipinski definition) is 6. The monoisotopic (exact) mass is 907 g/mol. The van der Waals surface area contributed by atoms with E-state index in [-0.39, 0.29) is 67.3 Å². The van der Waals surface area contributed by atoms with Crippen LogP contribution < -0.4 is 0 Å². The first-order valence-electron chi connectivity index (χ1n) is 19.1. The second-order valence-electron chi connectivity index (χ2n) is 17.6. The van der Waals surface area contributed by atoms with Crippen LogP contribution in [0.3, 0.4) is 0 Å². The van der Waals surface area contributed by atoms with E-state index >= 15 is 0 Å². The summed E-state index contributed by atoms with van der Waals surface area (Å²) >= 11 is 0. The number of benzene rings is 3. The summed E-state index contributed by atoms with van der Waals surface area (Å²) in [6.45, 7) is 47.7.